The lowest BCUT2D eigenvalue weighted by atomic mass is 10.1. The second-order valence-corrected chi connectivity index (χ2v) is 7.48. The highest BCUT2D eigenvalue weighted by molar-refractivity contribution is 5.74. The molecule has 0 saturated heterocycles. The van der Waals surface area contributed by atoms with Crippen LogP contribution in [0.3, 0.4) is 0 Å². The van der Waals surface area contributed by atoms with Gasteiger partial charge in [-0.2, -0.15) is 0 Å². The van der Waals surface area contributed by atoms with Gasteiger partial charge in [0.25, 0.3) is 5.69 Å². The van der Waals surface area contributed by atoms with E-state index in [0.717, 1.165) is 44.1 Å². The van der Waals surface area contributed by atoms with Crippen LogP contribution < -0.4 is 10.2 Å². The van der Waals surface area contributed by atoms with Crippen LogP contribution >= 0.6 is 0 Å². The van der Waals surface area contributed by atoms with E-state index in [0.29, 0.717) is 25.4 Å². The molecule has 0 atom stereocenters. The quantitative estimate of drug-likeness (QED) is 0.209. The number of rotatable bonds is 16. The molecular weight excluding hydrogens is 396 g/mol. The first-order valence-corrected chi connectivity index (χ1v) is 11.0. The fourth-order valence-electron chi connectivity index (χ4n) is 3.13. The summed E-state index contributed by atoms with van der Waals surface area (Å²) in [5, 5.41) is 10.6. The molecule has 7 nitrogen and oxygen atoms in total. The van der Waals surface area contributed by atoms with Gasteiger partial charge in [0.1, 0.15) is 5.75 Å². The molecular formula is C24H32N2O5. The number of hydrogen-bond donors (Lipinski definition) is 1. The van der Waals surface area contributed by atoms with Crippen LogP contribution in [0.5, 0.6) is 5.75 Å². The number of non-ortho nitro benzene ring substituents is 1. The first-order valence-electron chi connectivity index (χ1n) is 11.0. The van der Waals surface area contributed by atoms with Crippen molar-refractivity contribution in [2.24, 2.45) is 0 Å². The molecule has 0 aliphatic rings. The molecule has 1 amide bonds. The Labute approximate surface area is 183 Å². The van der Waals surface area contributed by atoms with E-state index in [1.807, 2.05) is 30.3 Å². The SMILES string of the molecule is O=C(CCCCCCCCCCOc1ccc([N+](=O)[O-])cc1)NOCc1ccccc1. The van der Waals surface area contributed by atoms with E-state index >= 15 is 0 Å². The van der Waals surface area contributed by atoms with Gasteiger partial charge in [0.15, 0.2) is 0 Å². The monoisotopic (exact) mass is 428 g/mol. The Balaban J connectivity index is 1.35. The van der Waals surface area contributed by atoms with Crippen LogP contribution in [0.1, 0.15) is 63.4 Å². The number of nitrogens with one attached hydrogen (secondary N) is 1. The predicted molar refractivity (Wildman–Crippen MR) is 120 cm³/mol. The minimum absolute atomic E-state index is 0.0658. The molecule has 1 N–H and O–H groups in total. The van der Waals surface area contributed by atoms with Crippen LogP contribution in [-0.4, -0.2) is 17.4 Å². The summed E-state index contributed by atoms with van der Waals surface area (Å²) in [4.78, 5) is 27.2. The van der Waals surface area contributed by atoms with Crippen LogP contribution in [0.25, 0.3) is 0 Å². The Morgan fingerprint density at radius 3 is 2.10 bits per heavy atom. The van der Waals surface area contributed by atoms with E-state index < -0.39 is 4.92 Å². The van der Waals surface area contributed by atoms with Gasteiger partial charge < -0.3 is 4.74 Å². The van der Waals surface area contributed by atoms with Gasteiger partial charge in [-0.3, -0.25) is 19.7 Å². The molecule has 31 heavy (non-hydrogen) atoms. The van der Waals surface area contributed by atoms with Crippen LogP contribution in [0, 0.1) is 10.1 Å². The van der Waals surface area contributed by atoms with Crippen LogP contribution in [0.4, 0.5) is 5.69 Å². The molecule has 0 radical (unpaired) electrons. The molecule has 0 heterocycles. The standard InChI is InChI=1S/C24H32N2O5/c27-24(25-31-20-21-12-8-7-9-13-21)14-10-5-3-1-2-4-6-11-19-30-23-17-15-22(16-18-23)26(28)29/h7-9,12-13,15-18H,1-6,10-11,14,19-20H2,(H,25,27). The minimum atomic E-state index is -0.416. The van der Waals surface area contributed by atoms with E-state index in [-0.39, 0.29) is 11.6 Å². The lowest BCUT2D eigenvalue weighted by molar-refractivity contribution is -0.384. The topological polar surface area (TPSA) is 90.7 Å². The normalized spacial score (nSPS) is 10.6. The average molecular weight is 429 g/mol. The maximum absolute atomic E-state index is 11.7. The van der Waals surface area contributed by atoms with Gasteiger partial charge in [-0.25, -0.2) is 5.48 Å². The number of ether oxygens (including phenoxy) is 1. The van der Waals surface area contributed by atoms with E-state index in [2.05, 4.69) is 5.48 Å². The molecule has 0 saturated carbocycles. The summed E-state index contributed by atoms with van der Waals surface area (Å²) in [5.41, 5.74) is 3.60. The second-order valence-electron chi connectivity index (χ2n) is 7.48. The number of carbonyl (C=O) groups excluding carboxylic acids is 1. The molecule has 2 aromatic rings. The molecule has 2 rings (SSSR count). The molecule has 7 heteroatoms. The zero-order chi connectivity index (χ0) is 22.2. The van der Waals surface area contributed by atoms with Gasteiger partial charge in [0.2, 0.25) is 5.91 Å². The Kier molecular flexibility index (Phi) is 11.7. The fourth-order valence-corrected chi connectivity index (χ4v) is 3.13. The van der Waals surface area contributed by atoms with Crippen molar-refractivity contribution in [1.82, 2.24) is 5.48 Å². The van der Waals surface area contributed by atoms with Crippen molar-refractivity contribution in [1.29, 1.82) is 0 Å². The number of carbonyl (C=O) groups is 1. The lowest BCUT2D eigenvalue weighted by Gasteiger charge is -2.07. The van der Waals surface area contributed by atoms with Gasteiger partial charge in [-0.15, -0.1) is 0 Å². The van der Waals surface area contributed by atoms with Crippen LogP contribution in [-0.2, 0) is 16.2 Å². The van der Waals surface area contributed by atoms with Gasteiger partial charge in [0.05, 0.1) is 18.1 Å². The number of benzene rings is 2. The molecule has 0 unspecified atom stereocenters. The van der Waals surface area contributed by atoms with E-state index in [4.69, 9.17) is 9.57 Å². The molecule has 168 valence electrons. The summed E-state index contributed by atoms with van der Waals surface area (Å²) >= 11 is 0. The Hall–Kier alpha value is -2.93. The maximum atomic E-state index is 11.7. The smallest absolute Gasteiger partial charge is 0.269 e. The van der Waals surface area contributed by atoms with Crippen LogP contribution in [0.15, 0.2) is 54.6 Å². The highest BCUT2D eigenvalue weighted by atomic mass is 16.7. The van der Waals surface area contributed by atoms with Crippen molar-refractivity contribution in [2.75, 3.05) is 6.61 Å². The molecule has 0 aliphatic heterocycles. The molecule has 0 spiro atoms. The van der Waals surface area contributed by atoms with Gasteiger partial charge >= 0.3 is 0 Å². The third-order valence-corrected chi connectivity index (χ3v) is 4.88. The van der Waals surface area contributed by atoms with E-state index in [9.17, 15) is 14.9 Å². The second kappa shape index (κ2) is 15.0. The number of hydroxylamine groups is 1. The highest BCUT2D eigenvalue weighted by Crippen LogP contribution is 2.18. The number of nitro benzene ring substituents is 1. The Morgan fingerprint density at radius 2 is 1.45 bits per heavy atom. The molecule has 0 aromatic heterocycles. The summed E-state index contributed by atoms with van der Waals surface area (Å²) in [7, 11) is 0. The summed E-state index contributed by atoms with van der Waals surface area (Å²) in [6.07, 6.45) is 9.16. The van der Waals surface area contributed by atoms with Crippen molar-refractivity contribution < 1.29 is 19.3 Å². The minimum Gasteiger partial charge on any atom is -0.494 e. The van der Waals surface area contributed by atoms with Gasteiger partial charge in [-0.05, 0) is 30.5 Å². The molecule has 2 aromatic carbocycles. The number of hydrogen-bond acceptors (Lipinski definition) is 5. The number of amides is 1. The van der Waals surface area contributed by atoms with Crippen molar-refractivity contribution in [3.8, 4) is 5.75 Å². The summed E-state index contributed by atoms with van der Waals surface area (Å²) in [6, 6.07) is 15.9. The third kappa shape index (κ3) is 11.1. The molecule has 0 aliphatic carbocycles. The number of nitro groups is 1. The van der Waals surface area contributed by atoms with E-state index in [1.54, 1.807) is 12.1 Å². The molecule has 0 fully saturated rings. The first kappa shape index (κ1) is 24.3. The van der Waals surface area contributed by atoms with E-state index in [1.165, 1.54) is 25.0 Å². The average Bonchev–Trinajstić information content (AvgIpc) is 2.78. The molecule has 0 bridgehead atoms. The zero-order valence-corrected chi connectivity index (χ0v) is 18.0. The van der Waals surface area contributed by atoms with Crippen molar-refractivity contribution in [2.45, 2.75) is 64.4 Å². The zero-order valence-electron chi connectivity index (χ0n) is 18.0. The van der Waals surface area contributed by atoms with Crippen molar-refractivity contribution in [3.63, 3.8) is 0 Å². The Bertz CT molecular complexity index is 765. The summed E-state index contributed by atoms with van der Waals surface area (Å²) in [5.74, 6) is 0.601. The summed E-state index contributed by atoms with van der Waals surface area (Å²) < 4.78 is 5.61. The van der Waals surface area contributed by atoms with Gasteiger partial charge in [0, 0.05) is 18.6 Å². The fraction of sp³-hybridized carbons (Fsp3) is 0.458. The third-order valence-electron chi connectivity index (χ3n) is 4.88. The largest absolute Gasteiger partial charge is 0.494 e. The van der Waals surface area contributed by atoms with Crippen molar-refractivity contribution in [3.05, 3.63) is 70.3 Å². The van der Waals surface area contributed by atoms with Crippen molar-refractivity contribution >= 4 is 11.6 Å². The number of nitrogens with zero attached hydrogens (tertiary/aromatic N) is 1. The lowest BCUT2D eigenvalue weighted by Crippen LogP contribution is -2.23. The number of unbranched alkanes of at least 4 members (excludes halogenated alkanes) is 7. The predicted octanol–water partition coefficient (Wildman–Crippen LogP) is 5.73. The Morgan fingerprint density at radius 1 is 0.839 bits per heavy atom. The first-order chi connectivity index (χ1) is 15.1. The summed E-state index contributed by atoms with van der Waals surface area (Å²) in [6.45, 7) is 1.00. The van der Waals surface area contributed by atoms with Crippen LogP contribution in [0.2, 0.25) is 0 Å². The highest BCUT2D eigenvalue weighted by Gasteiger charge is 2.04. The van der Waals surface area contributed by atoms with Gasteiger partial charge in [-0.1, -0.05) is 68.9 Å². The maximum Gasteiger partial charge on any atom is 0.269 e.